The zero-order valence-electron chi connectivity index (χ0n) is 18.0. The van der Waals surface area contributed by atoms with Crippen LogP contribution in [-0.4, -0.2) is 53.1 Å². The van der Waals surface area contributed by atoms with Gasteiger partial charge >= 0.3 is 12.6 Å². The number of sulfonamides is 1. The number of carbonyl (C=O) groups excluding carboxylic acids is 1. The van der Waals surface area contributed by atoms with Gasteiger partial charge in [0, 0.05) is 19.1 Å². The van der Waals surface area contributed by atoms with Crippen LogP contribution in [0.4, 0.5) is 25.0 Å². The molecule has 0 fully saturated rings. The van der Waals surface area contributed by atoms with Gasteiger partial charge in [-0.2, -0.15) is 13.9 Å². The second kappa shape index (κ2) is 8.62. The maximum absolute atomic E-state index is 13.4. The highest BCUT2D eigenvalue weighted by Gasteiger charge is 2.36. The summed E-state index contributed by atoms with van der Waals surface area (Å²) in [4.78, 5) is 16.0. The van der Waals surface area contributed by atoms with Gasteiger partial charge in [0.05, 0.1) is 35.2 Å². The van der Waals surface area contributed by atoms with Crippen molar-refractivity contribution >= 4 is 27.5 Å². The Kier molecular flexibility index (Phi) is 6.43. The van der Waals surface area contributed by atoms with E-state index in [0.29, 0.717) is 12.1 Å². The standard InChI is InChI=1S/C19H25F2N5O5S/c1-11-16(9-25(24-11)17(20)21)32(29,30)26-8-12(10-27)5-14-15(26)6-13(7-22-14)23-18(28)31-19(2,3)4/h6-7,9,12,17,27H,5,8,10H2,1-4H3,(H,23,28)/t12-/m1/s1. The minimum absolute atomic E-state index is 0.0889. The predicted octanol–water partition coefficient (Wildman–Crippen LogP) is 2.69. The maximum atomic E-state index is 13.4. The van der Waals surface area contributed by atoms with E-state index in [0.717, 1.165) is 10.5 Å². The van der Waals surface area contributed by atoms with E-state index in [9.17, 15) is 27.1 Å². The van der Waals surface area contributed by atoms with Crippen LogP contribution < -0.4 is 9.62 Å². The number of aromatic nitrogens is 3. The van der Waals surface area contributed by atoms with Gasteiger partial charge in [0.15, 0.2) is 0 Å². The Bertz CT molecular complexity index is 1110. The summed E-state index contributed by atoms with van der Waals surface area (Å²) in [6.07, 6.45) is 1.69. The van der Waals surface area contributed by atoms with E-state index < -0.39 is 34.2 Å². The molecule has 32 heavy (non-hydrogen) atoms. The molecule has 0 aromatic carbocycles. The van der Waals surface area contributed by atoms with Gasteiger partial charge in [-0.15, -0.1) is 0 Å². The molecule has 0 bridgehead atoms. The first-order chi connectivity index (χ1) is 14.8. The van der Waals surface area contributed by atoms with E-state index in [1.165, 1.54) is 19.2 Å². The summed E-state index contributed by atoms with van der Waals surface area (Å²) in [5.74, 6) is -0.445. The lowest BCUT2D eigenvalue weighted by Gasteiger charge is -2.34. The lowest BCUT2D eigenvalue weighted by molar-refractivity contribution is 0.0560. The van der Waals surface area contributed by atoms with Crippen LogP contribution in [0.15, 0.2) is 23.4 Å². The first-order valence-corrected chi connectivity index (χ1v) is 11.2. The fourth-order valence-corrected chi connectivity index (χ4v) is 5.02. The number of hydrogen-bond acceptors (Lipinski definition) is 7. The van der Waals surface area contributed by atoms with E-state index in [4.69, 9.17) is 4.74 Å². The topological polar surface area (TPSA) is 127 Å². The smallest absolute Gasteiger partial charge is 0.412 e. The number of aryl methyl sites for hydroxylation is 1. The molecule has 2 N–H and O–H groups in total. The fraction of sp³-hybridized carbons (Fsp3) is 0.526. The number of hydrogen-bond donors (Lipinski definition) is 2. The lowest BCUT2D eigenvalue weighted by Crippen LogP contribution is -2.41. The zero-order chi connectivity index (χ0) is 23.8. The average Bonchev–Trinajstić information content (AvgIpc) is 3.08. The largest absolute Gasteiger partial charge is 0.444 e. The Labute approximate surface area is 184 Å². The number of halogens is 2. The van der Waals surface area contributed by atoms with Crippen molar-refractivity contribution in [3.8, 4) is 0 Å². The minimum atomic E-state index is -4.31. The second-order valence-electron chi connectivity index (χ2n) is 8.44. The molecule has 1 amide bonds. The number of rotatable bonds is 5. The number of aliphatic hydroxyl groups is 1. The van der Waals surface area contributed by atoms with Crippen LogP contribution >= 0.6 is 0 Å². The SMILES string of the molecule is Cc1nn(C(F)F)cc1S(=O)(=O)N1C[C@H](CO)Cc2ncc(NC(=O)OC(C)(C)C)cc21. The third-order valence-electron chi connectivity index (χ3n) is 4.67. The Morgan fingerprint density at radius 2 is 2.09 bits per heavy atom. The molecular formula is C19H25F2N5O5S. The number of alkyl halides is 2. The fourth-order valence-electron chi connectivity index (χ4n) is 3.30. The van der Waals surface area contributed by atoms with Crippen molar-refractivity contribution in [3.63, 3.8) is 0 Å². The molecule has 0 radical (unpaired) electrons. The summed E-state index contributed by atoms with van der Waals surface area (Å²) in [5, 5.41) is 15.7. The summed E-state index contributed by atoms with van der Waals surface area (Å²) in [5.41, 5.74) is -0.0766. The predicted molar refractivity (Wildman–Crippen MR) is 111 cm³/mol. The maximum Gasteiger partial charge on any atom is 0.412 e. The molecule has 3 heterocycles. The van der Waals surface area contributed by atoms with Crippen LogP contribution in [0.25, 0.3) is 0 Å². The second-order valence-corrected chi connectivity index (χ2v) is 10.3. The minimum Gasteiger partial charge on any atom is -0.444 e. The van der Waals surface area contributed by atoms with Crippen LogP contribution in [0.3, 0.4) is 0 Å². The average molecular weight is 474 g/mol. The third kappa shape index (κ3) is 4.99. The Hall–Kier alpha value is -2.80. The van der Waals surface area contributed by atoms with Crippen LogP contribution in [0.1, 0.15) is 38.7 Å². The normalized spacial score (nSPS) is 16.8. The monoisotopic (exact) mass is 473 g/mol. The number of nitrogens with zero attached hydrogens (tertiary/aromatic N) is 4. The van der Waals surface area contributed by atoms with E-state index in [-0.39, 0.29) is 39.8 Å². The number of fused-ring (bicyclic) bond motifs is 1. The molecule has 3 rings (SSSR count). The van der Waals surface area contributed by atoms with Crippen molar-refractivity contribution in [2.75, 3.05) is 22.8 Å². The molecule has 13 heteroatoms. The van der Waals surface area contributed by atoms with Gasteiger partial charge in [-0.05, 0) is 40.2 Å². The molecule has 1 atom stereocenters. The molecule has 0 saturated carbocycles. The molecular weight excluding hydrogens is 448 g/mol. The van der Waals surface area contributed by atoms with Crippen molar-refractivity contribution in [3.05, 3.63) is 29.8 Å². The van der Waals surface area contributed by atoms with Crippen LogP contribution in [-0.2, 0) is 21.2 Å². The summed E-state index contributed by atoms with van der Waals surface area (Å²) in [7, 11) is -4.31. The first kappa shape index (κ1) is 23.9. The number of ether oxygens (including phenoxy) is 1. The molecule has 1 aliphatic rings. The first-order valence-electron chi connectivity index (χ1n) is 9.78. The summed E-state index contributed by atoms with van der Waals surface area (Å²) in [6, 6.07) is 1.42. The molecule has 2 aromatic rings. The van der Waals surface area contributed by atoms with Gasteiger partial charge in [0.1, 0.15) is 10.5 Å². The van der Waals surface area contributed by atoms with Crippen molar-refractivity contribution in [1.29, 1.82) is 0 Å². The number of nitrogens with one attached hydrogen (secondary N) is 1. The van der Waals surface area contributed by atoms with Crippen LogP contribution in [0, 0.1) is 12.8 Å². The van der Waals surface area contributed by atoms with Crippen molar-refractivity contribution < 1.29 is 31.8 Å². The van der Waals surface area contributed by atoms with E-state index >= 15 is 0 Å². The molecule has 10 nitrogen and oxygen atoms in total. The lowest BCUT2D eigenvalue weighted by atomic mass is 9.98. The van der Waals surface area contributed by atoms with Crippen LogP contribution in [0.5, 0.6) is 0 Å². The third-order valence-corrected chi connectivity index (χ3v) is 6.55. The number of aliphatic hydroxyl groups excluding tert-OH is 1. The van der Waals surface area contributed by atoms with Crippen molar-refractivity contribution in [2.45, 2.75) is 51.2 Å². The molecule has 0 aliphatic carbocycles. The van der Waals surface area contributed by atoms with Gasteiger partial charge < -0.3 is 9.84 Å². The summed E-state index contributed by atoms with van der Waals surface area (Å²) >= 11 is 0. The van der Waals surface area contributed by atoms with Gasteiger partial charge in [0.2, 0.25) is 0 Å². The zero-order valence-corrected chi connectivity index (χ0v) is 18.9. The number of pyridine rings is 1. The highest BCUT2D eigenvalue weighted by atomic mass is 32.2. The van der Waals surface area contributed by atoms with Gasteiger partial charge in [-0.3, -0.25) is 14.6 Å². The summed E-state index contributed by atoms with van der Waals surface area (Å²) < 4.78 is 59.3. The van der Waals surface area contributed by atoms with Crippen LogP contribution in [0.2, 0.25) is 0 Å². The van der Waals surface area contributed by atoms with E-state index in [2.05, 4.69) is 15.4 Å². The number of carbonyl (C=O) groups is 1. The highest BCUT2D eigenvalue weighted by Crippen LogP contribution is 2.35. The Morgan fingerprint density at radius 3 is 2.66 bits per heavy atom. The number of amides is 1. The Morgan fingerprint density at radius 1 is 1.41 bits per heavy atom. The molecule has 2 aromatic heterocycles. The van der Waals surface area contributed by atoms with E-state index in [1.807, 2.05) is 0 Å². The molecule has 176 valence electrons. The molecule has 0 spiro atoms. The van der Waals surface area contributed by atoms with E-state index in [1.54, 1.807) is 20.8 Å². The van der Waals surface area contributed by atoms with Gasteiger partial charge in [-0.1, -0.05) is 0 Å². The quantitative estimate of drug-likeness (QED) is 0.684. The van der Waals surface area contributed by atoms with Gasteiger partial charge in [0.25, 0.3) is 10.0 Å². The number of anilines is 2. The summed E-state index contributed by atoms with van der Waals surface area (Å²) in [6.45, 7) is 3.03. The Balaban J connectivity index is 2.01. The molecule has 1 aliphatic heterocycles. The van der Waals surface area contributed by atoms with Gasteiger partial charge in [-0.25, -0.2) is 17.9 Å². The molecule has 0 saturated heterocycles. The highest BCUT2D eigenvalue weighted by molar-refractivity contribution is 7.92. The molecule has 0 unspecified atom stereocenters. The van der Waals surface area contributed by atoms with Crippen molar-refractivity contribution in [1.82, 2.24) is 14.8 Å². The van der Waals surface area contributed by atoms with Crippen molar-refractivity contribution in [2.24, 2.45) is 5.92 Å².